The van der Waals surface area contributed by atoms with Gasteiger partial charge in [-0.25, -0.2) is 0 Å². The summed E-state index contributed by atoms with van der Waals surface area (Å²) in [4.78, 5) is 12.2. The number of rotatable bonds is 4. The van der Waals surface area contributed by atoms with Gasteiger partial charge in [0.15, 0.2) is 11.9 Å². The first kappa shape index (κ1) is 11.9. The monoisotopic (exact) mass is 254 g/mol. The van der Waals surface area contributed by atoms with E-state index in [9.17, 15) is 4.79 Å². The number of ether oxygens (including phenoxy) is 2. The second-order valence-electron chi connectivity index (χ2n) is 4.48. The van der Waals surface area contributed by atoms with Crippen molar-refractivity contribution in [1.29, 1.82) is 0 Å². The topological polar surface area (TPSA) is 38.8 Å². The van der Waals surface area contributed by atoms with Gasteiger partial charge in [0.05, 0.1) is 7.11 Å². The Morgan fingerprint density at radius 1 is 1.05 bits per heavy atom. The van der Waals surface area contributed by atoms with Gasteiger partial charge in [-0.15, -0.1) is 0 Å². The van der Waals surface area contributed by atoms with E-state index in [1.807, 2.05) is 30.3 Å². The van der Waals surface area contributed by atoms with E-state index in [1.165, 1.54) is 0 Å². The average molecular weight is 254 g/mol. The largest absolute Gasteiger partial charge is 0.497 e. The number of methoxy groups -OCH3 is 1. The predicted octanol–water partition coefficient (Wildman–Crippen LogP) is 3.02. The van der Waals surface area contributed by atoms with Crippen LogP contribution in [-0.4, -0.2) is 19.0 Å². The van der Waals surface area contributed by atoms with E-state index in [0.29, 0.717) is 5.56 Å². The van der Waals surface area contributed by atoms with Crippen LogP contribution in [0.25, 0.3) is 0 Å². The third-order valence-corrected chi connectivity index (χ3v) is 3.25. The molecule has 1 saturated heterocycles. The molecule has 3 nitrogen and oxygen atoms in total. The summed E-state index contributed by atoms with van der Waals surface area (Å²) in [5.41, 5.74) is 1.71. The molecule has 1 aliphatic rings. The first-order valence-electron chi connectivity index (χ1n) is 6.18. The van der Waals surface area contributed by atoms with Crippen molar-refractivity contribution < 1.29 is 14.3 Å². The molecule has 0 amide bonds. The highest BCUT2D eigenvalue weighted by Crippen LogP contribution is 2.40. The minimum Gasteiger partial charge on any atom is -0.497 e. The fraction of sp³-hybridized carbons (Fsp3) is 0.188. The second-order valence-corrected chi connectivity index (χ2v) is 4.48. The van der Waals surface area contributed by atoms with Gasteiger partial charge in [-0.1, -0.05) is 30.3 Å². The van der Waals surface area contributed by atoms with Crippen LogP contribution in [0.15, 0.2) is 54.6 Å². The van der Waals surface area contributed by atoms with Crippen molar-refractivity contribution in [3.63, 3.8) is 0 Å². The van der Waals surface area contributed by atoms with E-state index in [2.05, 4.69) is 0 Å². The molecule has 3 rings (SSSR count). The molecule has 0 unspecified atom stereocenters. The molecule has 1 heterocycles. The number of Topliss-reactive ketones (excluding diaryl/α,β-unsaturated/α-hetero) is 1. The maximum atomic E-state index is 12.2. The van der Waals surface area contributed by atoms with Crippen LogP contribution in [0.2, 0.25) is 0 Å². The molecule has 96 valence electrons. The van der Waals surface area contributed by atoms with Crippen LogP contribution in [0.4, 0.5) is 0 Å². The highest BCUT2D eigenvalue weighted by atomic mass is 16.6. The van der Waals surface area contributed by atoms with Crippen LogP contribution in [0.3, 0.4) is 0 Å². The Morgan fingerprint density at radius 2 is 1.74 bits per heavy atom. The molecule has 1 aliphatic heterocycles. The lowest BCUT2D eigenvalue weighted by Crippen LogP contribution is -2.08. The van der Waals surface area contributed by atoms with Crippen molar-refractivity contribution in [3.05, 3.63) is 65.7 Å². The summed E-state index contributed by atoms with van der Waals surface area (Å²) >= 11 is 0. The van der Waals surface area contributed by atoms with Crippen LogP contribution >= 0.6 is 0 Å². The maximum Gasteiger partial charge on any atom is 0.194 e. The molecule has 2 atom stereocenters. The quantitative estimate of drug-likeness (QED) is 0.622. The highest BCUT2D eigenvalue weighted by Gasteiger charge is 2.45. The zero-order valence-corrected chi connectivity index (χ0v) is 10.6. The van der Waals surface area contributed by atoms with E-state index in [0.717, 1.165) is 11.3 Å². The minimum absolute atomic E-state index is 0.0245. The minimum atomic E-state index is -0.351. The molecule has 3 heteroatoms. The summed E-state index contributed by atoms with van der Waals surface area (Å²) < 4.78 is 10.6. The lowest BCUT2D eigenvalue weighted by Gasteiger charge is -2.01. The fourth-order valence-corrected chi connectivity index (χ4v) is 2.13. The Bertz CT molecular complexity index is 575. The maximum absolute atomic E-state index is 12.2. The number of carbonyl (C=O) groups excluding carboxylic acids is 1. The van der Waals surface area contributed by atoms with Gasteiger partial charge in [-0.05, 0) is 29.8 Å². The normalized spacial score (nSPS) is 20.9. The van der Waals surface area contributed by atoms with Gasteiger partial charge >= 0.3 is 0 Å². The Morgan fingerprint density at radius 3 is 2.37 bits per heavy atom. The standard InChI is InChI=1S/C16H14O3/c1-18-13-9-7-11(8-10-13)14(17)16-15(19-16)12-5-3-2-4-6-12/h2-10,15-16H,1H3/t15-,16-/m1/s1. The summed E-state index contributed by atoms with van der Waals surface area (Å²) in [6, 6.07) is 16.9. The summed E-state index contributed by atoms with van der Waals surface area (Å²) in [6.07, 6.45) is -0.452. The second kappa shape index (κ2) is 4.86. The number of ketones is 1. The van der Waals surface area contributed by atoms with Gasteiger partial charge in [-0.3, -0.25) is 4.79 Å². The first-order valence-corrected chi connectivity index (χ1v) is 6.18. The fourth-order valence-electron chi connectivity index (χ4n) is 2.13. The number of epoxide rings is 1. The molecule has 0 radical (unpaired) electrons. The van der Waals surface area contributed by atoms with Crippen molar-refractivity contribution in [3.8, 4) is 5.75 Å². The molecule has 0 aliphatic carbocycles. The summed E-state index contributed by atoms with van der Waals surface area (Å²) in [6.45, 7) is 0. The van der Waals surface area contributed by atoms with Gasteiger partial charge in [0.2, 0.25) is 0 Å². The Kier molecular flexibility index (Phi) is 3.05. The van der Waals surface area contributed by atoms with Crippen LogP contribution in [0, 0.1) is 0 Å². The van der Waals surface area contributed by atoms with E-state index < -0.39 is 0 Å². The number of hydrogen-bond donors (Lipinski definition) is 0. The van der Waals surface area contributed by atoms with Crippen molar-refractivity contribution in [1.82, 2.24) is 0 Å². The third kappa shape index (κ3) is 2.37. The lowest BCUT2D eigenvalue weighted by molar-refractivity contribution is 0.0953. The van der Waals surface area contributed by atoms with Gasteiger partial charge in [0.1, 0.15) is 11.9 Å². The molecule has 0 spiro atoms. The molecule has 2 aromatic rings. The zero-order valence-electron chi connectivity index (χ0n) is 10.6. The van der Waals surface area contributed by atoms with Crippen molar-refractivity contribution in [2.75, 3.05) is 7.11 Å². The summed E-state index contributed by atoms with van der Waals surface area (Å²) in [7, 11) is 1.60. The zero-order chi connectivity index (χ0) is 13.2. The molecule has 0 bridgehead atoms. The number of hydrogen-bond acceptors (Lipinski definition) is 3. The van der Waals surface area contributed by atoms with Gasteiger partial charge in [-0.2, -0.15) is 0 Å². The first-order chi connectivity index (χ1) is 9.29. The van der Waals surface area contributed by atoms with Crippen molar-refractivity contribution in [2.45, 2.75) is 12.2 Å². The molecular weight excluding hydrogens is 240 g/mol. The highest BCUT2D eigenvalue weighted by molar-refractivity contribution is 6.01. The summed E-state index contributed by atoms with van der Waals surface area (Å²) in [5.74, 6) is 0.768. The summed E-state index contributed by atoms with van der Waals surface area (Å²) in [5, 5.41) is 0. The smallest absolute Gasteiger partial charge is 0.194 e. The predicted molar refractivity (Wildman–Crippen MR) is 71.4 cm³/mol. The molecule has 0 saturated carbocycles. The average Bonchev–Trinajstić information content (AvgIpc) is 3.28. The Hall–Kier alpha value is -2.13. The van der Waals surface area contributed by atoms with E-state index in [4.69, 9.17) is 9.47 Å². The van der Waals surface area contributed by atoms with Crippen LogP contribution in [-0.2, 0) is 4.74 Å². The van der Waals surface area contributed by atoms with E-state index in [-0.39, 0.29) is 18.0 Å². The third-order valence-electron chi connectivity index (χ3n) is 3.25. The SMILES string of the molecule is COc1ccc(C(=O)[C@H]2O[C@@H]2c2ccccc2)cc1. The van der Waals surface area contributed by atoms with Crippen LogP contribution < -0.4 is 4.74 Å². The van der Waals surface area contributed by atoms with Gasteiger partial charge in [0.25, 0.3) is 0 Å². The van der Waals surface area contributed by atoms with Crippen molar-refractivity contribution >= 4 is 5.78 Å². The van der Waals surface area contributed by atoms with Gasteiger partial charge < -0.3 is 9.47 Å². The molecule has 0 aromatic heterocycles. The molecule has 1 fully saturated rings. The molecule has 19 heavy (non-hydrogen) atoms. The number of carbonyl (C=O) groups is 1. The Balaban J connectivity index is 1.72. The molecule has 2 aromatic carbocycles. The number of benzene rings is 2. The van der Waals surface area contributed by atoms with Crippen molar-refractivity contribution in [2.24, 2.45) is 0 Å². The van der Waals surface area contributed by atoms with E-state index in [1.54, 1.807) is 31.4 Å². The van der Waals surface area contributed by atoms with Gasteiger partial charge in [0, 0.05) is 5.56 Å². The lowest BCUT2D eigenvalue weighted by atomic mass is 10.0. The van der Waals surface area contributed by atoms with Crippen LogP contribution in [0.1, 0.15) is 22.0 Å². The Labute approximate surface area is 111 Å². The molecule has 0 N–H and O–H groups in total. The van der Waals surface area contributed by atoms with Crippen LogP contribution in [0.5, 0.6) is 5.75 Å². The molecular formula is C16H14O3. The van der Waals surface area contributed by atoms with E-state index >= 15 is 0 Å².